The van der Waals surface area contributed by atoms with Crippen LogP contribution in [-0.2, 0) is 9.84 Å². The van der Waals surface area contributed by atoms with Gasteiger partial charge in [0.2, 0.25) is 0 Å². The maximum atomic E-state index is 11.7. The molecule has 0 bridgehead atoms. The van der Waals surface area contributed by atoms with Gasteiger partial charge >= 0.3 is 0 Å². The van der Waals surface area contributed by atoms with Crippen molar-refractivity contribution in [1.82, 2.24) is 10.6 Å². The Morgan fingerprint density at radius 3 is 2.50 bits per heavy atom. The lowest BCUT2D eigenvalue weighted by Gasteiger charge is -2.35. The van der Waals surface area contributed by atoms with Gasteiger partial charge in [-0.2, -0.15) is 0 Å². The number of guanidine groups is 1. The van der Waals surface area contributed by atoms with E-state index in [9.17, 15) is 8.42 Å². The molecule has 0 spiro atoms. The molecule has 8 heteroatoms. The Hall–Kier alpha value is -1.03. The van der Waals surface area contributed by atoms with Crippen molar-refractivity contribution in [1.29, 1.82) is 0 Å². The molecule has 2 atom stereocenters. The molecule has 1 aromatic rings. The predicted octanol–water partition coefficient (Wildman–Crippen LogP) is 2.41. The number of nitrogens with zero attached hydrogens (tertiary/aromatic N) is 2. The summed E-state index contributed by atoms with van der Waals surface area (Å²) < 4.78 is 23.4. The maximum absolute atomic E-state index is 11.7. The number of hydrogen-bond donors (Lipinski definition) is 2. The van der Waals surface area contributed by atoms with E-state index in [1.165, 1.54) is 18.5 Å². The molecule has 1 aromatic carbocycles. The zero-order chi connectivity index (χ0) is 18.7. The number of anilines is 1. The Morgan fingerprint density at radius 1 is 1.07 bits per heavy atom. The smallest absolute Gasteiger partial charge is 0.191 e. The second-order valence-electron chi connectivity index (χ2n) is 8.14. The van der Waals surface area contributed by atoms with Crippen LogP contribution in [0.5, 0.6) is 0 Å². The number of hydrogen-bond acceptors (Lipinski definition) is 4. The minimum absolute atomic E-state index is 0. The van der Waals surface area contributed by atoms with Gasteiger partial charge < -0.3 is 15.5 Å². The van der Waals surface area contributed by atoms with Crippen LogP contribution in [0.2, 0.25) is 0 Å². The molecule has 2 N–H and O–H groups in total. The van der Waals surface area contributed by atoms with E-state index in [0.29, 0.717) is 30.1 Å². The topological polar surface area (TPSA) is 73.8 Å². The van der Waals surface area contributed by atoms with Crippen LogP contribution in [-0.4, -0.2) is 57.6 Å². The number of halogens is 1. The number of nitrogens with one attached hydrogen (secondary N) is 2. The third kappa shape index (κ3) is 6.23. The highest BCUT2D eigenvalue weighted by molar-refractivity contribution is 14.0. The molecule has 2 unspecified atom stereocenters. The molecule has 1 aliphatic carbocycles. The number of aliphatic imine (C=N–C) groups is 1. The highest BCUT2D eigenvalue weighted by atomic mass is 127. The minimum Gasteiger partial charge on any atom is -0.369 e. The van der Waals surface area contributed by atoms with E-state index in [4.69, 9.17) is 4.99 Å². The van der Waals surface area contributed by atoms with Gasteiger partial charge in [0.25, 0.3) is 0 Å². The van der Waals surface area contributed by atoms with Crippen LogP contribution in [0.25, 0.3) is 0 Å². The van der Waals surface area contributed by atoms with Crippen LogP contribution in [0.3, 0.4) is 0 Å². The Balaban J connectivity index is 0.00000225. The molecular weight excluding hydrogens is 487 g/mol. The highest BCUT2D eigenvalue weighted by Crippen LogP contribution is 2.22. The summed E-state index contributed by atoms with van der Waals surface area (Å²) in [6, 6.07) is 11.4. The van der Waals surface area contributed by atoms with Crippen molar-refractivity contribution in [3.8, 4) is 0 Å². The molecule has 6 nitrogen and oxygen atoms in total. The Kier molecular flexibility index (Phi) is 7.47. The van der Waals surface area contributed by atoms with Crippen LogP contribution < -0.4 is 15.5 Å². The van der Waals surface area contributed by atoms with Crippen LogP contribution in [0.1, 0.15) is 32.1 Å². The van der Waals surface area contributed by atoms with Gasteiger partial charge in [0.1, 0.15) is 0 Å². The van der Waals surface area contributed by atoms with E-state index in [1.54, 1.807) is 0 Å². The third-order valence-electron chi connectivity index (χ3n) is 5.64. The van der Waals surface area contributed by atoms with E-state index in [1.807, 2.05) is 0 Å². The summed E-state index contributed by atoms with van der Waals surface area (Å²) in [5.41, 5.74) is 1.27. The summed E-state index contributed by atoms with van der Waals surface area (Å²) in [5.74, 6) is 1.64. The zero-order valence-electron chi connectivity index (χ0n) is 16.2. The van der Waals surface area contributed by atoms with Crippen LogP contribution in [0, 0.1) is 5.92 Å². The van der Waals surface area contributed by atoms with Crippen LogP contribution in [0.4, 0.5) is 5.69 Å². The van der Waals surface area contributed by atoms with Gasteiger partial charge in [0.15, 0.2) is 15.8 Å². The van der Waals surface area contributed by atoms with Gasteiger partial charge in [-0.1, -0.05) is 18.2 Å². The van der Waals surface area contributed by atoms with Crippen molar-refractivity contribution in [3.05, 3.63) is 30.3 Å². The Labute approximate surface area is 185 Å². The number of benzene rings is 1. The molecule has 156 valence electrons. The van der Waals surface area contributed by atoms with Gasteiger partial charge in [0.05, 0.1) is 11.5 Å². The summed E-state index contributed by atoms with van der Waals surface area (Å²) in [5, 5.41) is 7.13. The third-order valence-corrected chi connectivity index (χ3v) is 7.47. The minimum atomic E-state index is -2.84. The number of rotatable bonds is 5. The summed E-state index contributed by atoms with van der Waals surface area (Å²) in [6.45, 7) is 2.65. The number of para-hydroxylation sites is 1. The van der Waals surface area contributed by atoms with E-state index in [0.717, 1.165) is 38.3 Å². The van der Waals surface area contributed by atoms with E-state index in [2.05, 4.69) is 45.9 Å². The average Bonchev–Trinajstić information content (AvgIpc) is 3.42. The van der Waals surface area contributed by atoms with Crippen molar-refractivity contribution in [2.45, 2.75) is 44.2 Å². The van der Waals surface area contributed by atoms with Gasteiger partial charge in [-0.25, -0.2) is 8.42 Å². The summed E-state index contributed by atoms with van der Waals surface area (Å²) in [4.78, 5) is 7.18. The molecule has 1 saturated carbocycles. The van der Waals surface area contributed by atoms with E-state index >= 15 is 0 Å². The Morgan fingerprint density at radius 2 is 1.82 bits per heavy atom. The molecule has 28 heavy (non-hydrogen) atoms. The normalized spacial score (nSPS) is 27.1. The van der Waals surface area contributed by atoms with E-state index in [-0.39, 0.29) is 29.9 Å². The lowest BCUT2D eigenvalue weighted by atomic mass is 10.0. The highest BCUT2D eigenvalue weighted by Gasteiger charge is 2.29. The molecule has 3 fully saturated rings. The van der Waals surface area contributed by atoms with Crippen molar-refractivity contribution in [3.63, 3.8) is 0 Å². The summed E-state index contributed by atoms with van der Waals surface area (Å²) >= 11 is 0. The molecule has 2 heterocycles. The fourth-order valence-corrected chi connectivity index (χ4v) is 5.80. The number of piperidine rings is 1. The molecule has 2 aliphatic heterocycles. The number of sulfone groups is 1. The first-order chi connectivity index (χ1) is 13.1. The SMILES string of the molecule is I.O=S1(=O)CCC(CN=C(NC2CC2)NC2CCCN(c3ccccc3)C2)C1. The fourth-order valence-electron chi connectivity index (χ4n) is 3.95. The first-order valence-electron chi connectivity index (χ1n) is 10.2. The molecule has 0 amide bonds. The van der Waals surface area contributed by atoms with Crippen molar-refractivity contribution < 1.29 is 8.42 Å². The maximum Gasteiger partial charge on any atom is 0.191 e. The average molecular weight is 518 g/mol. The molecule has 4 rings (SSSR count). The van der Waals surface area contributed by atoms with Crippen LogP contribution in [0.15, 0.2) is 35.3 Å². The Bertz CT molecular complexity index is 768. The van der Waals surface area contributed by atoms with Gasteiger partial charge in [-0.15, -0.1) is 24.0 Å². The lowest BCUT2D eigenvalue weighted by Crippen LogP contribution is -2.51. The fraction of sp³-hybridized carbons (Fsp3) is 0.650. The second kappa shape index (κ2) is 9.65. The summed E-state index contributed by atoms with van der Waals surface area (Å²) in [7, 11) is -2.84. The van der Waals surface area contributed by atoms with Crippen LogP contribution >= 0.6 is 24.0 Å². The molecule has 2 saturated heterocycles. The quantitative estimate of drug-likeness (QED) is 0.356. The first kappa shape index (κ1) is 21.7. The van der Waals surface area contributed by atoms with Crippen molar-refractivity contribution in [2.24, 2.45) is 10.9 Å². The van der Waals surface area contributed by atoms with Gasteiger partial charge in [-0.3, -0.25) is 4.99 Å². The molecule has 0 aromatic heterocycles. The van der Waals surface area contributed by atoms with Crippen molar-refractivity contribution in [2.75, 3.05) is 36.0 Å². The predicted molar refractivity (Wildman–Crippen MR) is 125 cm³/mol. The molecule has 3 aliphatic rings. The van der Waals surface area contributed by atoms with Gasteiger partial charge in [0, 0.05) is 37.4 Å². The summed E-state index contributed by atoms with van der Waals surface area (Å²) in [6.07, 6.45) is 5.42. The van der Waals surface area contributed by atoms with Crippen molar-refractivity contribution >= 4 is 45.5 Å². The molecular formula is C20H31IN4O2S. The lowest BCUT2D eigenvalue weighted by molar-refractivity contribution is 0.466. The largest absolute Gasteiger partial charge is 0.369 e. The zero-order valence-corrected chi connectivity index (χ0v) is 19.4. The monoisotopic (exact) mass is 518 g/mol. The first-order valence-corrected chi connectivity index (χ1v) is 12.0. The standard InChI is InChI=1S/C20H30N4O2S.HI/c25-27(26)12-10-16(15-27)13-21-20(22-17-8-9-17)23-18-5-4-11-24(14-18)19-6-2-1-3-7-19;/h1-3,6-7,16-18H,4-5,8-15H2,(H2,21,22,23);1H. The van der Waals surface area contributed by atoms with Gasteiger partial charge in [-0.05, 0) is 50.2 Å². The second-order valence-corrected chi connectivity index (χ2v) is 10.4. The molecule has 0 radical (unpaired) electrons. The van der Waals surface area contributed by atoms with E-state index < -0.39 is 9.84 Å².